The van der Waals surface area contributed by atoms with Crippen molar-refractivity contribution in [3.63, 3.8) is 0 Å². The SMILES string of the molecule is C.C=C(C)C(=O)OCCO.C=C(C)C(=O)OCCOC(=O)CCc1cc(C(C)(C)C)c(O)c(C(C)(C)C)c1.CC(C)(C)c1cc(CCC(=O)O)cc(C(C)(C)C)c1O. The van der Waals surface area contributed by atoms with Gasteiger partial charge in [-0.2, -0.15) is 0 Å². The maximum Gasteiger partial charge on any atom is 0.333 e. The number of rotatable bonds is 13. The number of carboxylic acid groups (broad SMARTS) is 1. The Morgan fingerprint density at radius 1 is 0.552 bits per heavy atom. The average Bonchev–Trinajstić information content (AvgIpc) is 3.06. The highest BCUT2D eigenvalue weighted by molar-refractivity contribution is 5.87. The molecule has 58 heavy (non-hydrogen) atoms. The predicted molar refractivity (Wildman–Crippen MR) is 232 cm³/mol. The van der Waals surface area contributed by atoms with Crippen LogP contribution in [0.25, 0.3) is 0 Å². The maximum absolute atomic E-state index is 12.0. The molecule has 328 valence electrons. The molecule has 0 heterocycles. The minimum atomic E-state index is -0.798. The second kappa shape index (κ2) is 23.7. The Balaban J connectivity index is 0. The molecule has 2 aromatic rings. The zero-order valence-electron chi connectivity index (χ0n) is 37.0. The molecule has 0 aromatic heterocycles. The summed E-state index contributed by atoms with van der Waals surface area (Å²) in [6.07, 6.45) is 1.32. The molecule has 0 aliphatic rings. The van der Waals surface area contributed by atoms with Gasteiger partial charge in [0, 0.05) is 24.0 Å². The monoisotopic (exact) mass is 815 g/mol. The quantitative estimate of drug-likeness (QED) is 0.0656. The second-order valence-electron chi connectivity index (χ2n) is 18.2. The zero-order valence-corrected chi connectivity index (χ0v) is 37.0. The molecule has 0 bridgehead atoms. The summed E-state index contributed by atoms with van der Waals surface area (Å²) in [5, 5.41) is 38.3. The number of aryl methyl sites for hydroxylation is 2. The molecule has 11 nitrogen and oxygen atoms in total. The van der Waals surface area contributed by atoms with E-state index in [1.54, 1.807) is 13.8 Å². The summed E-state index contributed by atoms with van der Waals surface area (Å²) in [6.45, 7) is 34.5. The van der Waals surface area contributed by atoms with Crippen LogP contribution in [0.5, 0.6) is 11.5 Å². The van der Waals surface area contributed by atoms with Crippen molar-refractivity contribution in [3.8, 4) is 11.5 Å². The lowest BCUT2D eigenvalue weighted by Crippen LogP contribution is -2.18. The molecule has 2 aromatic carbocycles. The van der Waals surface area contributed by atoms with Gasteiger partial charge in [-0.15, -0.1) is 0 Å². The lowest BCUT2D eigenvalue weighted by atomic mass is 9.78. The standard InChI is InChI=1S/C23H34O5.C17H26O3.C6H10O3.CH4/c1-15(2)21(26)28-12-11-27-19(24)10-9-16-13-17(22(3,4)5)20(25)18(14-16)23(6,7)8;1-16(2,3)12-9-11(7-8-14(18)19)10-13(15(12)20)17(4,5)6;1-5(2)6(8)9-4-3-7;/h13-14,25H,1,9-12H2,2-8H3;9-10,20H,7-8H2,1-6H3,(H,18,19);7H,1,3-4H2,2H3;1H4. The fourth-order valence-corrected chi connectivity index (χ4v) is 5.21. The molecule has 11 heteroatoms. The number of aromatic hydroxyl groups is 2. The first kappa shape index (κ1) is 55.5. The molecule has 0 saturated heterocycles. The molecular weight excluding hydrogens is 741 g/mol. The lowest BCUT2D eigenvalue weighted by Gasteiger charge is -2.28. The van der Waals surface area contributed by atoms with Gasteiger partial charge < -0.3 is 34.6 Å². The van der Waals surface area contributed by atoms with Crippen molar-refractivity contribution < 1.29 is 53.8 Å². The van der Waals surface area contributed by atoms with E-state index in [0.717, 1.165) is 33.4 Å². The highest BCUT2D eigenvalue weighted by Gasteiger charge is 2.28. The summed E-state index contributed by atoms with van der Waals surface area (Å²) in [7, 11) is 0. The summed E-state index contributed by atoms with van der Waals surface area (Å²) >= 11 is 0. The Morgan fingerprint density at radius 2 is 0.845 bits per heavy atom. The van der Waals surface area contributed by atoms with Crippen LogP contribution in [0.15, 0.2) is 48.6 Å². The summed E-state index contributed by atoms with van der Waals surface area (Å²) < 4.78 is 14.5. The molecule has 0 spiro atoms. The Morgan fingerprint density at radius 3 is 1.12 bits per heavy atom. The molecule has 0 fully saturated rings. The number of aliphatic hydroxyl groups is 1. The maximum atomic E-state index is 12.0. The average molecular weight is 815 g/mol. The third-order valence-electron chi connectivity index (χ3n) is 8.42. The molecule has 0 unspecified atom stereocenters. The van der Waals surface area contributed by atoms with Gasteiger partial charge in [0.25, 0.3) is 0 Å². The van der Waals surface area contributed by atoms with E-state index in [4.69, 9.17) is 19.7 Å². The van der Waals surface area contributed by atoms with Gasteiger partial charge in [-0.1, -0.05) is 128 Å². The second-order valence-corrected chi connectivity index (χ2v) is 18.2. The smallest absolute Gasteiger partial charge is 0.333 e. The van der Waals surface area contributed by atoms with Crippen LogP contribution in [0, 0.1) is 0 Å². The summed E-state index contributed by atoms with van der Waals surface area (Å²) in [5.41, 5.74) is 5.33. The Labute approximate surface area is 348 Å². The van der Waals surface area contributed by atoms with Crippen molar-refractivity contribution in [1.29, 1.82) is 0 Å². The van der Waals surface area contributed by atoms with Gasteiger partial charge in [-0.05, 0) is 81.7 Å². The van der Waals surface area contributed by atoms with Crippen molar-refractivity contribution in [2.45, 2.75) is 152 Å². The lowest BCUT2D eigenvalue weighted by molar-refractivity contribution is -0.150. The number of phenols is 2. The topological polar surface area (TPSA) is 177 Å². The van der Waals surface area contributed by atoms with Gasteiger partial charge >= 0.3 is 23.9 Å². The first-order valence-corrected chi connectivity index (χ1v) is 19.2. The molecule has 4 N–H and O–H groups in total. The van der Waals surface area contributed by atoms with Crippen molar-refractivity contribution in [2.24, 2.45) is 0 Å². The molecule has 0 aliphatic carbocycles. The number of hydrogen-bond acceptors (Lipinski definition) is 10. The normalized spacial score (nSPS) is 11.4. The number of carbonyl (C=O) groups excluding carboxylic acids is 3. The van der Waals surface area contributed by atoms with Crippen LogP contribution in [-0.2, 0) is 67.9 Å². The number of benzene rings is 2. The highest BCUT2D eigenvalue weighted by atomic mass is 16.6. The summed E-state index contributed by atoms with van der Waals surface area (Å²) in [4.78, 5) is 44.5. The fourth-order valence-electron chi connectivity index (χ4n) is 5.21. The van der Waals surface area contributed by atoms with Crippen molar-refractivity contribution in [3.05, 3.63) is 82.0 Å². The van der Waals surface area contributed by atoms with Gasteiger partial charge in [-0.25, -0.2) is 9.59 Å². The molecule has 0 aliphatic heterocycles. The minimum Gasteiger partial charge on any atom is -0.507 e. The summed E-state index contributed by atoms with van der Waals surface area (Å²) in [5.74, 6) is -1.44. The Bertz CT molecular complexity index is 1640. The van der Waals surface area contributed by atoms with Crippen molar-refractivity contribution in [2.75, 3.05) is 26.4 Å². The van der Waals surface area contributed by atoms with E-state index in [-0.39, 0.29) is 74.3 Å². The van der Waals surface area contributed by atoms with Gasteiger partial charge in [0.05, 0.1) is 6.61 Å². The molecule has 2 rings (SSSR count). The number of esters is 3. The van der Waals surface area contributed by atoms with Gasteiger partial charge in [-0.3, -0.25) is 9.59 Å². The number of ether oxygens (including phenoxy) is 3. The molecule has 0 radical (unpaired) electrons. The van der Waals surface area contributed by atoms with Gasteiger partial charge in [0.2, 0.25) is 0 Å². The van der Waals surface area contributed by atoms with Crippen molar-refractivity contribution >= 4 is 23.9 Å². The third-order valence-corrected chi connectivity index (χ3v) is 8.42. The van der Waals surface area contributed by atoms with Gasteiger partial charge in [0.1, 0.15) is 31.3 Å². The summed E-state index contributed by atoms with van der Waals surface area (Å²) in [6, 6.07) is 7.81. The van der Waals surface area contributed by atoms with Crippen LogP contribution < -0.4 is 0 Å². The van der Waals surface area contributed by atoms with E-state index in [0.29, 0.717) is 35.5 Å². The van der Waals surface area contributed by atoms with Crippen LogP contribution in [0.2, 0.25) is 0 Å². The third kappa shape index (κ3) is 20.2. The predicted octanol–water partition coefficient (Wildman–Crippen LogP) is 9.32. The van der Waals surface area contributed by atoms with Crippen molar-refractivity contribution in [1.82, 2.24) is 0 Å². The fraction of sp³-hybridized carbons (Fsp3) is 0.574. The molecule has 0 atom stereocenters. The zero-order chi connectivity index (χ0) is 44.7. The van der Waals surface area contributed by atoms with Crippen LogP contribution >= 0.6 is 0 Å². The Kier molecular flexibility index (Phi) is 22.6. The van der Waals surface area contributed by atoms with Crippen LogP contribution in [0.1, 0.15) is 151 Å². The van der Waals surface area contributed by atoms with Crippen LogP contribution in [-0.4, -0.2) is 70.7 Å². The first-order chi connectivity index (χ1) is 25.8. The number of carboxylic acids is 1. The number of aliphatic carboxylic acids is 1. The largest absolute Gasteiger partial charge is 0.507 e. The van der Waals surface area contributed by atoms with Crippen LogP contribution in [0.4, 0.5) is 0 Å². The minimum absolute atomic E-state index is 0. The van der Waals surface area contributed by atoms with E-state index >= 15 is 0 Å². The van der Waals surface area contributed by atoms with Gasteiger partial charge in [0.15, 0.2) is 0 Å². The number of phenolic OH excluding ortho intramolecular Hbond substituents is 2. The van der Waals surface area contributed by atoms with Crippen LogP contribution in [0.3, 0.4) is 0 Å². The van der Waals surface area contributed by atoms with E-state index in [1.165, 1.54) is 0 Å². The van der Waals surface area contributed by atoms with E-state index in [1.807, 2.05) is 24.3 Å². The highest BCUT2D eigenvalue weighted by Crippen LogP contribution is 2.41. The number of carbonyl (C=O) groups is 4. The molecule has 0 saturated carbocycles. The van der Waals surface area contributed by atoms with E-state index in [9.17, 15) is 29.4 Å². The van der Waals surface area contributed by atoms with E-state index in [2.05, 4.69) is 101 Å². The molecular formula is C47H74O11. The molecule has 0 amide bonds. The number of aliphatic hydroxyl groups excluding tert-OH is 1. The van der Waals surface area contributed by atoms with E-state index < -0.39 is 17.9 Å². The first-order valence-electron chi connectivity index (χ1n) is 19.2. The Hall–Kier alpha value is -4.64. The number of hydrogen-bond donors (Lipinski definition) is 4.